The quantitative estimate of drug-likeness (QED) is 0.630. The number of hydrogen-bond acceptors (Lipinski definition) is 1. The molecule has 0 unspecified atom stereocenters. The highest BCUT2D eigenvalue weighted by molar-refractivity contribution is 4.99. The number of aliphatic hydroxyl groups excluding tert-OH is 1. The summed E-state index contributed by atoms with van der Waals surface area (Å²) in [7, 11) is 0. The van der Waals surface area contributed by atoms with Gasteiger partial charge in [-0.25, -0.2) is 0 Å². The van der Waals surface area contributed by atoms with Gasteiger partial charge in [-0.15, -0.1) is 0 Å². The molecule has 2 rings (SSSR count). The van der Waals surface area contributed by atoms with Crippen molar-refractivity contribution in [1.82, 2.24) is 0 Å². The Morgan fingerprint density at radius 3 is 2.50 bits per heavy atom. The van der Waals surface area contributed by atoms with Gasteiger partial charge in [0, 0.05) is 0 Å². The van der Waals surface area contributed by atoms with Crippen molar-refractivity contribution in [3.05, 3.63) is 0 Å². The molecule has 0 aliphatic heterocycles. The SMILES string of the molecule is CC1(C)CCC[C@]2(C)C[C@H](O)CC[C@H]12. The van der Waals surface area contributed by atoms with Crippen molar-refractivity contribution >= 4 is 0 Å². The number of hydrogen-bond donors (Lipinski definition) is 1. The lowest BCUT2D eigenvalue weighted by Gasteiger charge is -2.54. The van der Waals surface area contributed by atoms with Gasteiger partial charge in [0.05, 0.1) is 6.10 Å². The van der Waals surface area contributed by atoms with E-state index in [0.717, 1.165) is 18.8 Å². The van der Waals surface area contributed by atoms with Crippen LogP contribution in [0.3, 0.4) is 0 Å². The normalized spacial score (nSPS) is 47.1. The van der Waals surface area contributed by atoms with Crippen LogP contribution in [0.2, 0.25) is 0 Å². The molecule has 1 N–H and O–H groups in total. The number of aliphatic hydroxyl groups is 1. The number of rotatable bonds is 0. The molecule has 2 saturated carbocycles. The third kappa shape index (κ3) is 1.60. The minimum Gasteiger partial charge on any atom is -0.393 e. The van der Waals surface area contributed by atoms with E-state index in [1.807, 2.05) is 0 Å². The van der Waals surface area contributed by atoms with Gasteiger partial charge in [0.2, 0.25) is 0 Å². The Bertz CT molecular complexity index is 221. The van der Waals surface area contributed by atoms with Crippen LogP contribution in [-0.2, 0) is 0 Å². The lowest BCUT2D eigenvalue weighted by molar-refractivity contribution is -0.0731. The summed E-state index contributed by atoms with van der Waals surface area (Å²) in [5, 5.41) is 9.78. The first-order chi connectivity index (χ1) is 6.44. The van der Waals surface area contributed by atoms with Crippen molar-refractivity contribution in [3.8, 4) is 0 Å². The zero-order valence-electron chi connectivity index (χ0n) is 9.84. The molecule has 1 heteroatoms. The van der Waals surface area contributed by atoms with Crippen LogP contribution in [0.15, 0.2) is 0 Å². The Balaban J connectivity index is 2.21. The third-order valence-corrected chi connectivity index (χ3v) is 4.84. The predicted molar refractivity (Wildman–Crippen MR) is 59.1 cm³/mol. The number of fused-ring (bicyclic) bond motifs is 1. The molecule has 0 heterocycles. The van der Waals surface area contributed by atoms with E-state index in [0.29, 0.717) is 10.8 Å². The highest BCUT2D eigenvalue weighted by Crippen LogP contribution is 2.57. The largest absolute Gasteiger partial charge is 0.393 e. The van der Waals surface area contributed by atoms with Crippen molar-refractivity contribution in [2.24, 2.45) is 16.7 Å². The van der Waals surface area contributed by atoms with Crippen molar-refractivity contribution in [2.75, 3.05) is 0 Å². The maximum Gasteiger partial charge on any atom is 0.0545 e. The van der Waals surface area contributed by atoms with E-state index in [4.69, 9.17) is 0 Å². The van der Waals surface area contributed by atoms with Gasteiger partial charge < -0.3 is 5.11 Å². The van der Waals surface area contributed by atoms with Gasteiger partial charge in [0.1, 0.15) is 0 Å². The Labute approximate surface area is 87.9 Å². The van der Waals surface area contributed by atoms with Crippen LogP contribution in [0, 0.1) is 16.7 Å². The van der Waals surface area contributed by atoms with Crippen LogP contribution in [-0.4, -0.2) is 11.2 Å². The summed E-state index contributed by atoms with van der Waals surface area (Å²) in [6, 6.07) is 0. The minimum atomic E-state index is -0.0230. The first-order valence-corrected chi connectivity index (χ1v) is 6.12. The van der Waals surface area contributed by atoms with Crippen LogP contribution in [0.25, 0.3) is 0 Å². The molecular formula is C13H24O. The highest BCUT2D eigenvalue weighted by Gasteiger charge is 2.48. The molecule has 2 fully saturated rings. The first kappa shape index (κ1) is 10.5. The Kier molecular flexibility index (Phi) is 2.42. The maximum atomic E-state index is 9.78. The fourth-order valence-corrected chi connectivity index (χ4v) is 4.22. The fourth-order valence-electron chi connectivity index (χ4n) is 4.22. The topological polar surface area (TPSA) is 20.2 Å². The van der Waals surface area contributed by atoms with Crippen LogP contribution >= 0.6 is 0 Å². The van der Waals surface area contributed by atoms with E-state index in [1.165, 1.54) is 25.7 Å². The molecule has 0 spiro atoms. The van der Waals surface area contributed by atoms with E-state index in [9.17, 15) is 5.11 Å². The molecule has 0 saturated heterocycles. The second kappa shape index (κ2) is 3.23. The van der Waals surface area contributed by atoms with E-state index in [1.54, 1.807) is 0 Å². The van der Waals surface area contributed by atoms with Crippen LogP contribution in [0.5, 0.6) is 0 Å². The Morgan fingerprint density at radius 1 is 1.07 bits per heavy atom. The smallest absolute Gasteiger partial charge is 0.0545 e. The zero-order chi connectivity index (χ0) is 10.4. The standard InChI is InChI=1S/C13H24O/c1-12(2)7-4-8-13(3)9-10(14)5-6-11(12)13/h10-11,14H,4-9H2,1-3H3/t10-,11-,13-/m1/s1. The van der Waals surface area contributed by atoms with Gasteiger partial charge in [0.25, 0.3) is 0 Å². The molecule has 0 radical (unpaired) electrons. The summed E-state index contributed by atoms with van der Waals surface area (Å²) < 4.78 is 0. The van der Waals surface area contributed by atoms with Crippen LogP contribution in [0.1, 0.15) is 59.3 Å². The lowest BCUT2D eigenvalue weighted by Crippen LogP contribution is -2.47. The molecule has 0 aromatic heterocycles. The summed E-state index contributed by atoms with van der Waals surface area (Å²) in [4.78, 5) is 0. The molecule has 82 valence electrons. The van der Waals surface area contributed by atoms with Gasteiger partial charge >= 0.3 is 0 Å². The van der Waals surface area contributed by atoms with E-state index in [2.05, 4.69) is 20.8 Å². The van der Waals surface area contributed by atoms with Crippen molar-refractivity contribution < 1.29 is 5.11 Å². The van der Waals surface area contributed by atoms with E-state index < -0.39 is 0 Å². The minimum absolute atomic E-state index is 0.0230. The summed E-state index contributed by atoms with van der Waals surface area (Å²) in [6.07, 6.45) is 7.36. The van der Waals surface area contributed by atoms with E-state index in [-0.39, 0.29) is 6.10 Å². The van der Waals surface area contributed by atoms with Crippen molar-refractivity contribution in [1.29, 1.82) is 0 Å². The second-order valence-electron chi connectivity index (χ2n) is 6.48. The van der Waals surface area contributed by atoms with Gasteiger partial charge in [0.15, 0.2) is 0 Å². The average molecular weight is 196 g/mol. The zero-order valence-corrected chi connectivity index (χ0v) is 9.84. The van der Waals surface area contributed by atoms with Crippen LogP contribution < -0.4 is 0 Å². The molecule has 2 aliphatic rings. The average Bonchev–Trinajstić information content (AvgIpc) is 2.00. The second-order valence-corrected chi connectivity index (χ2v) is 6.48. The molecule has 1 nitrogen and oxygen atoms in total. The molecule has 0 bridgehead atoms. The summed E-state index contributed by atoms with van der Waals surface area (Å²) >= 11 is 0. The highest BCUT2D eigenvalue weighted by atomic mass is 16.3. The van der Waals surface area contributed by atoms with Crippen LogP contribution in [0.4, 0.5) is 0 Å². The van der Waals surface area contributed by atoms with Gasteiger partial charge in [-0.3, -0.25) is 0 Å². The molecule has 14 heavy (non-hydrogen) atoms. The molecule has 2 aliphatic carbocycles. The lowest BCUT2D eigenvalue weighted by atomic mass is 9.51. The molecule has 0 aromatic carbocycles. The molecule has 0 amide bonds. The maximum absolute atomic E-state index is 9.78. The van der Waals surface area contributed by atoms with Crippen molar-refractivity contribution in [2.45, 2.75) is 65.4 Å². The fraction of sp³-hybridized carbons (Fsp3) is 1.00. The Morgan fingerprint density at radius 2 is 1.79 bits per heavy atom. The van der Waals surface area contributed by atoms with Gasteiger partial charge in [-0.2, -0.15) is 0 Å². The van der Waals surface area contributed by atoms with Gasteiger partial charge in [-0.05, 0) is 48.9 Å². The molecular weight excluding hydrogens is 172 g/mol. The summed E-state index contributed by atoms with van der Waals surface area (Å²) in [5.41, 5.74) is 0.937. The molecule has 3 atom stereocenters. The third-order valence-electron chi connectivity index (χ3n) is 4.84. The monoisotopic (exact) mass is 196 g/mol. The van der Waals surface area contributed by atoms with E-state index >= 15 is 0 Å². The molecule has 0 aromatic rings. The summed E-state index contributed by atoms with van der Waals surface area (Å²) in [6.45, 7) is 7.25. The van der Waals surface area contributed by atoms with Crippen molar-refractivity contribution in [3.63, 3.8) is 0 Å². The first-order valence-electron chi connectivity index (χ1n) is 6.12. The predicted octanol–water partition coefficient (Wildman–Crippen LogP) is 3.36. The van der Waals surface area contributed by atoms with Gasteiger partial charge in [-0.1, -0.05) is 27.2 Å². The Hall–Kier alpha value is -0.0400. The summed E-state index contributed by atoms with van der Waals surface area (Å²) in [5.74, 6) is 0.840.